The van der Waals surface area contributed by atoms with Gasteiger partial charge in [-0.3, -0.25) is 9.59 Å². The summed E-state index contributed by atoms with van der Waals surface area (Å²) in [5.41, 5.74) is 3.33. The number of aryl methyl sites for hydroxylation is 2. The molecule has 4 aromatic rings. The van der Waals surface area contributed by atoms with E-state index in [1.807, 2.05) is 42.5 Å². The monoisotopic (exact) mass is 490 g/mol. The number of ether oxygens (including phenoxy) is 2. The lowest BCUT2D eigenvalue weighted by Gasteiger charge is -2.13. The number of carboxylic acid groups (broad SMARTS) is 1. The summed E-state index contributed by atoms with van der Waals surface area (Å²) in [4.78, 5) is 27.1. The molecule has 0 aliphatic heterocycles. The maximum Gasteiger partial charge on any atom is 0.323 e. The maximum absolute atomic E-state index is 11.7. The van der Waals surface area contributed by atoms with Crippen molar-refractivity contribution in [1.29, 1.82) is 0 Å². The minimum atomic E-state index is -0.876. The van der Waals surface area contributed by atoms with Crippen LogP contribution in [0.5, 0.6) is 11.5 Å². The summed E-state index contributed by atoms with van der Waals surface area (Å²) in [7, 11) is 0. The van der Waals surface area contributed by atoms with Gasteiger partial charge >= 0.3 is 5.97 Å². The van der Waals surface area contributed by atoms with Crippen LogP contribution in [0, 0.1) is 6.92 Å². The molecule has 0 saturated carbocycles. The number of rotatable bonds is 12. The van der Waals surface area contributed by atoms with Crippen LogP contribution in [0.4, 0.5) is 0 Å². The van der Waals surface area contributed by atoms with Crippen LogP contribution >= 0.6 is 0 Å². The Hall–Kier alpha value is -4.07. The Bertz CT molecular complexity index is 1380. The number of carbonyl (C=O) groups is 2. The molecule has 2 heterocycles. The fraction of sp³-hybridized carbons (Fsp3) is 0.321. The smallest absolute Gasteiger partial charge is 0.323 e. The van der Waals surface area contributed by atoms with Gasteiger partial charge in [0, 0.05) is 36.0 Å². The van der Waals surface area contributed by atoms with Crippen LogP contribution in [-0.4, -0.2) is 39.6 Å². The van der Waals surface area contributed by atoms with Gasteiger partial charge in [-0.2, -0.15) is 0 Å². The summed E-state index contributed by atoms with van der Waals surface area (Å²) in [6, 6.07) is 13.3. The summed E-state index contributed by atoms with van der Waals surface area (Å²) in [5, 5.41) is 9.95. The average Bonchev–Trinajstić information content (AvgIpc) is 3.42. The number of ketones is 1. The van der Waals surface area contributed by atoms with Crippen molar-refractivity contribution in [3.8, 4) is 23.0 Å². The lowest BCUT2D eigenvalue weighted by Crippen LogP contribution is -2.07. The lowest BCUT2D eigenvalue weighted by molar-refractivity contribution is -0.137. The number of hydrogen-bond donors (Lipinski definition) is 1. The molecule has 0 atom stereocenters. The van der Waals surface area contributed by atoms with Gasteiger partial charge in [0.1, 0.15) is 18.0 Å². The SMILES string of the molecule is CCCc1cc(-c2nc(C)c(C(C)=O)o2)ccc1OCCCOc1ccc2c(ccn2CC(=O)O)c1. The van der Waals surface area contributed by atoms with Crippen LogP contribution in [0.3, 0.4) is 0 Å². The highest BCUT2D eigenvalue weighted by atomic mass is 16.5. The van der Waals surface area contributed by atoms with Crippen molar-refractivity contribution in [3.05, 3.63) is 65.7 Å². The number of nitrogens with zero attached hydrogens (tertiary/aromatic N) is 2. The van der Waals surface area contributed by atoms with E-state index in [9.17, 15) is 9.59 Å². The second-order valence-electron chi connectivity index (χ2n) is 8.67. The Morgan fingerprint density at radius 3 is 2.61 bits per heavy atom. The predicted octanol–water partition coefficient (Wildman–Crippen LogP) is 5.69. The molecule has 0 unspecified atom stereocenters. The van der Waals surface area contributed by atoms with E-state index >= 15 is 0 Å². The topological polar surface area (TPSA) is 104 Å². The Morgan fingerprint density at radius 2 is 1.89 bits per heavy atom. The van der Waals surface area contributed by atoms with E-state index in [0.29, 0.717) is 37.0 Å². The summed E-state index contributed by atoms with van der Waals surface area (Å²) >= 11 is 0. The first-order chi connectivity index (χ1) is 17.4. The van der Waals surface area contributed by atoms with Gasteiger partial charge in [0.15, 0.2) is 11.5 Å². The Labute approximate surface area is 209 Å². The van der Waals surface area contributed by atoms with E-state index in [0.717, 1.165) is 46.4 Å². The second kappa shape index (κ2) is 11.1. The molecule has 8 heteroatoms. The lowest BCUT2D eigenvalue weighted by atomic mass is 10.1. The number of fused-ring (bicyclic) bond motifs is 1. The third-order valence-corrected chi connectivity index (χ3v) is 5.81. The molecule has 0 bridgehead atoms. The van der Waals surface area contributed by atoms with E-state index in [-0.39, 0.29) is 12.3 Å². The first-order valence-corrected chi connectivity index (χ1v) is 12.0. The van der Waals surface area contributed by atoms with Gasteiger partial charge in [-0.25, -0.2) is 4.98 Å². The predicted molar refractivity (Wildman–Crippen MR) is 136 cm³/mol. The Balaban J connectivity index is 1.34. The number of carboxylic acids is 1. The quantitative estimate of drug-likeness (QED) is 0.201. The molecular weight excluding hydrogens is 460 g/mol. The van der Waals surface area contributed by atoms with E-state index in [4.69, 9.17) is 19.0 Å². The Kier molecular flexibility index (Phi) is 7.73. The number of hydrogen-bond acceptors (Lipinski definition) is 6. The van der Waals surface area contributed by atoms with E-state index in [1.54, 1.807) is 17.7 Å². The van der Waals surface area contributed by atoms with Crippen molar-refractivity contribution < 1.29 is 28.6 Å². The van der Waals surface area contributed by atoms with Crippen molar-refractivity contribution in [2.24, 2.45) is 0 Å². The van der Waals surface area contributed by atoms with Crippen LogP contribution in [0.1, 0.15) is 48.5 Å². The van der Waals surface area contributed by atoms with E-state index in [2.05, 4.69) is 11.9 Å². The summed E-state index contributed by atoms with van der Waals surface area (Å²) in [5.74, 6) is 1.26. The van der Waals surface area contributed by atoms with Crippen LogP contribution in [0.15, 0.2) is 53.1 Å². The van der Waals surface area contributed by atoms with Crippen molar-refractivity contribution in [3.63, 3.8) is 0 Å². The van der Waals surface area contributed by atoms with Gasteiger partial charge in [-0.05, 0) is 61.4 Å². The number of oxazole rings is 1. The zero-order valence-electron chi connectivity index (χ0n) is 20.7. The van der Waals surface area contributed by atoms with Gasteiger partial charge in [-0.1, -0.05) is 13.3 Å². The normalized spacial score (nSPS) is 11.1. The van der Waals surface area contributed by atoms with Crippen molar-refractivity contribution >= 4 is 22.7 Å². The third-order valence-electron chi connectivity index (χ3n) is 5.81. The maximum atomic E-state index is 11.7. The van der Waals surface area contributed by atoms with Crippen molar-refractivity contribution in [1.82, 2.24) is 9.55 Å². The Morgan fingerprint density at radius 1 is 1.08 bits per heavy atom. The summed E-state index contributed by atoms with van der Waals surface area (Å²) < 4.78 is 19.3. The molecule has 2 aromatic heterocycles. The molecule has 0 radical (unpaired) electrons. The molecule has 0 amide bonds. The van der Waals surface area contributed by atoms with Gasteiger partial charge in [0.2, 0.25) is 5.89 Å². The molecule has 0 aliphatic rings. The van der Waals surface area contributed by atoms with Gasteiger partial charge in [0.25, 0.3) is 0 Å². The van der Waals surface area contributed by atoms with E-state index in [1.165, 1.54) is 6.92 Å². The number of aliphatic carboxylic acids is 1. The number of aromatic nitrogens is 2. The molecule has 188 valence electrons. The zero-order chi connectivity index (χ0) is 25.7. The molecule has 1 N–H and O–H groups in total. The van der Waals surface area contributed by atoms with Crippen LogP contribution in [0.2, 0.25) is 0 Å². The molecule has 0 aliphatic carbocycles. The number of Topliss-reactive ketones (excluding diaryl/α,β-unsaturated/α-hetero) is 1. The molecule has 0 saturated heterocycles. The van der Waals surface area contributed by atoms with Gasteiger partial charge in [-0.15, -0.1) is 0 Å². The summed E-state index contributed by atoms with van der Waals surface area (Å²) in [6.45, 7) is 6.27. The van der Waals surface area contributed by atoms with Crippen molar-refractivity contribution in [2.45, 2.75) is 46.6 Å². The first kappa shape index (κ1) is 25.0. The molecule has 8 nitrogen and oxygen atoms in total. The fourth-order valence-corrected chi connectivity index (χ4v) is 4.15. The average molecular weight is 491 g/mol. The second-order valence-corrected chi connectivity index (χ2v) is 8.67. The van der Waals surface area contributed by atoms with E-state index < -0.39 is 5.97 Å². The fourth-order valence-electron chi connectivity index (χ4n) is 4.15. The van der Waals surface area contributed by atoms with Crippen molar-refractivity contribution in [2.75, 3.05) is 13.2 Å². The highest BCUT2D eigenvalue weighted by Gasteiger charge is 2.16. The van der Waals surface area contributed by atoms with Crippen LogP contribution < -0.4 is 9.47 Å². The minimum Gasteiger partial charge on any atom is -0.493 e. The molecule has 4 rings (SSSR count). The first-order valence-electron chi connectivity index (χ1n) is 12.0. The third kappa shape index (κ3) is 5.76. The highest BCUT2D eigenvalue weighted by Crippen LogP contribution is 2.29. The van der Waals surface area contributed by atoms with Gasteiger partial charge < -0.3 is 23.6 Å². The molecule has 2 aromatic carbocycles. The molecule has 36 heavy (non-hydrogen) atoms. The zero-order valence-corrected chi connectivity index (χ0v) is 20.7. The standard InChI is InChI=1S/C28H30N2O6/c1-4-6-21-15-22(28-29-18(2)27(36-28)19(3)31)7-10-25(21)35-14-5-13-34-23-8-9-24-20(16-23)11-12-30(24)17-26(32)33/h7-12,15-16H,4-6,13-14,17H2,1-3H3,(H,32,33). The molecular formula is C28H30N2O6. The highest BCUT2D eigenvalue weighted by molar-refractivity contribution is 5.92. The summed E-state index contributed by atoms with van der Waals surface area (Å²) in [6.07, 6.45) is 4.27. The van der Waals surface area contributed by atoms with Crippen LogP contribution in [-0.2, 0) is 17.8 Å². The minimum absolute atomic E-state index is 0.0703. The molecule has 0 fully saturated rings. The number of carbonyl (C=O) groups excluding carboxylic acids is 1. The number of benzene rings is 2. The molecule has 0 spiro atoms. The van der Waals surface area contributed by atoms with Gasteiger partial charge in [0.05, 0.1) is 18.9 Å². The van der Waals surface area contributed by atoms with Crippen LogP contribution in [0.25, 0.3) is 22.4 Å². The largest absolute Gasteiger partial charge is 0.493 e.